The van der Waals surface area contributed by atoms with E-state index < -0.39 is 0 Å². The van der Waals surface area contributed by atoms with Gasteiger partial charge in [-0.2, -0.15) is 5.26 Å². The van der Waals surface area contributed by atoms with Gasteiger partial charge in [-0.3, -0.25) is 0 Å². The lowest BCUT2D eigenvalue weighted by Gasteiger charge is -2.13. The number of nitriles is 1. The highest BCUT2D eigenvalue weighted by Gasteiger charge is 2.07. The fraction of sp³-hybridized carbons (Fsp3) is 0.462. The van der Waals surface area contributed by atoms with Gasteiger partial charge >= 0.3 is 0 Å². The predicted molar refractivity (Wildman–Crippen MR) is 62.2 cm³/mol. The number of nitrogens with two attached hydrogens (primary N) is 1. The molecule has 1 atom stereocenters. The summed E-state index contributed by atoms with van der Waals surface area (Å²) in [5.41, 5.74) is 7.81. The molecule has 1 aromatic rings. The molecule has 0 saturated carbocycles. The first-order chi connectivity index (χ1) is 7.13. The van der Waals surface area contributed by atoms with Crippen LogP contribution in [0.3, 0.4) is 0 Å². The molecule has 0 heterocycles. The first kappa shape index (κ1) is 11.7. The third-order valence-electron chi connectivity index (χ3n) is 2.50. The molecule has 0 aliphatic heterocycles. The van der Waals surface area contributed by atoms with Gasteiger partial charge in [0.1, 0.15) is 0 Å². The van der Waals surface area contributed by atoms with E-state index in [0.29, 0.717) is 11.5 Å². The van der Waals surface area contributed by atoms with Gasteiger partial charge < -0.3 is 5.73 Å². The normalized spacial score (nSPS) is 12.5. The Balaban J connectivity index is 2.65. The maximum Gasteiger partial charge on any atom is 0.0991 e. The lowest BCUT2D eigenvalue weighted by atomic mass is 9.97. The molecule has 0 aromatic heterocycles. The molecule has 2 nitrogen and oxygen atoms in total. The van der Waals surface area contributed by atoms with E-state index in [1.165, 1.54) is 0 Å². The van der Waals surface area contributed by atoms with Crippen LogP contribution in [-0.2, 0) is 0 Å². The SMILES string of the molecule is CC(C)CC[C@@H](N)c1cccc(C#N)c1. The molecule has 0 bridgehead atoms. The summed E-state index contributed by atoms with van der Waals surface area (Å²) in [7, 11) is 0. The van der Waals surface area contributed by atoms with Crippen LogP contribution in [0.5, 0.6) is 0 Å². The summed E-state index contributed by atoms with van der Waals surface area (Å²) < 4.78 is 0. The highest BCUT2D eigenvalue weighted by Crippen LogP contribution is 2.19. The lowest BCUT2D eigenvalue weighted by Crippen LogP contribution is -2.11. The van der Waals surface area contributed by atoms with E-state index in [1.807, 2.05) is 18.2 Å². The molecule has 15 heavy (non-hydrogen) atoms. The summed E-state index contributed by atoms with van der Waals surface area (Å²) in [5, 5.41) is 8.77. The van der Waals surface area contributed by atoms with Crippen LogP contribution in [0.4, 0.5) is 0 Å². The van der Waals surface area contributed by atoms with E-state index >= 15 is 0 Å². The molecule has 0 aliphatic rings. The van der Waals surface area contributed by atoms with Gasteiger partial charge in [0, 0.05) is 6.04 Å². The van der Waals surface area contributed by atoms with Crippen LogP contribution < -0.4 is 5.73 Å². The second-order valence-electron chi connectivity index (χ2n) is 4.31. The molecular formula is C13H18N2. The fourth-order valence-electron chi connectivity index (χ4n) is 1.52. The molecule has 80 valence electrons. The van der Waals surface area contributed by atoms with Crippen LogP contribution in [0.1, 0.15) is 43.9 Å². The second kappa shape index (κ2) is 5.53. The Morgan fingerprint density at radius 2 is 2.07 bits per heavy atom. The van der Waals surface area contributed by atoms with E-state index in [9.17, 15) is 0 Å². The third kappa shape index (κ3) is 3.73. The topological polar surface area (TPSA) is 49.8 Å². The van der Waals surface area contributed by atoms with E-state index in [0.717, 1.165) is 18.4 Å². The van der Waals surface area contributed by atoms with Crippen LogP contribution in [0, 0.1) is 17.2 Å². The molecule has 0 unspecified atom stereocenters. The van der Waals surface area contributed by atoms with Crippen LogP contribution in [0.15, 0.2) is 24.3 Å². The summed E-state index contributed by atoms with van der Waals surface area (Å²) in [5.74, 6) is 0.676. The fourth-order valence-corrected chi connectivity index (χ4v) is 1.52. The zero-order valence-electron chi connectivity index (χ0n) is 9.40. The highest BCUT2D eigenvalue weighted by atomic mass is 14.6. The minimum atomic E-state index is 0.0562. The quantitative estimate of drug-likeness (QED) is 0.816. The Morgan fingerprint density at radius 1 is 1.33 bits per heavy atom. The Bertz CT molecular complexity index is 350. The first-order valence-electron chi connectivity index (χ1n) is 5.39. The monoisotopic (exact) mass is 202 g/mol. The van der Waals surface area contributed by atoms with Gasteiger partial charge in [0.25, 0.3) is 0 Å². The van der Waals surface area contributed by atoms with Crippen molar-refractivity contribution < 1.29 is 0 Å². The number of rotatable bonds is 4. The maximum absolute atomic E-state index is 8.77. The average molecular weight is 202 g/mol. The van der Waals surface area contributed by atoms with Gasteiger partial charge in [-0.1, -0.05) is 26.0 Å². The van der Waals surface area contributed by atoms with Crippen molar-refractivity contribution in [1.29, 1.82) is 5.26 Å². The number of nitrogens with zero attached hydrogens (tertiary/aromatic N) is 1. The summed E-state index contributed by atoms with van der Waals surface area (Å²) in [6.07, 6.45) is 2.10. The zero-order valence-corrected chi connectivity index (χ0v) is 9.40. The van der Waals surface area contributed by atoms with Crippen LogP contribution in [0.25, 0.3) is 0 Å². The molecule has 0 spiro atoms. The summed E-state index contributed by atoms with van der Waals surface area (Å²) in [6, 6.07) is 9.76. The van der Waals surface area contributed by atoms with Gasteiger partial charge in [0.15, 0.2) is 0 Å². The van der Waals surface area contributed by atoms with Gasteiger partial charge in [0.05, 0.1) is 11.6 Å². The Labute approximate surface area is 91.7 Å². The molecule has 1 aromatic carbocycles. The number of hydrogen-bond acceptors (Lipinski definition) is 2. The van der Waals surface area contributed by atoms with Crippen LogP contribution >= 0.6 is 0 Å². The average Bonchev–Trinajstić information content (AvgIpc) is 2.26. The van der Waals surface area contributed by atoms with Crippen LogP contribution in [-0.4, -0.2) is 0 Å². The van der Waals surface area contributed by atoms with Crippen molar-refractivity contribution in [3.63, 3.8) is 0 Å². The molecule has 0 saturated heterocycles. The molecule has 2 heteroatoms. The van der Waals surface area contributed by atoms with Gasteiger partial charge in [0.2, 0.25) is 0 Å². The van der Waals surface area contributed by atoms with Gasteiger partial charge in [-0.25, -0.2) is 0 Å². The molecule has 0 aliphatic carbocycles. The van der Waals surface area contributed by atoms with Crippen molar-refractivity contribution >= 4 is 0 Å². The van der Waals surface area contributed by atoms with Gasteiger partial charge in [-0.05, 0) is 36.5 Å². The number of benzene rings is 1. The maximum atomic E-state index is 8.77. The molecule has 0 fully saturated rings. The van der Waals surface area contributed by atoms with E-state index in [2.05, 4.69) is 19.9 Å². The minimum absolute atomic E-state index is 0.0562. The molecule has 1 rings (SSSR count). The Morgan fingerprint density at radius 3 is 2.67 bits per heavy atom. The molecule has 0 amide bonds. The Kier molecular flexibility index (Phi) is 4.33. The largest absolute Gasteiger partial charge is 0.324 e. The minimum Gasteiger partial charge on any atom is -0.324 e. The molecule has 2 N–H and O–H groups in total. The van der Waals surface area contributed by atoms with Crippen molar-refractivity contribution in [3.8, 4) is 6.07 Å². The highest BCUT2D eigenvalue weighted by molar-refractivity contribution is 5.34. The summed E-state index contributed by atoms with van der Waals surface area (Å²) in [6.45, 7) is 4.39. The first-order valence-corrected chi connectivity index (χ1v) is 5.39. The smallest absolute Gasteiger partial charge is 0.0991 e. The molecule has 0 radical (unpaired) electrons. The summed E-state index contributed by atoms with van der Waals surface area (Å²) >= 11 is 0. The zero-order chi connectivity index (χ0) is 11.3. The van der Waals surface area contributed by atoms with Crippen molar-refractivity contribution in [2.45, 2.75) is 32.7 Å². The van der Waals surface area contributed by atoms with E-state index in [1.54, 1.807) is 6.07 Å². The van der Waals surface area contributed by atoms with E-state index in [4.69, 9.17) is 11.0 Å². The second-order valence-corrected chi connectivity index (χ2v) is 4.31. The number of hydrogen-bond donors (Lipinski definition) is 1. The van der Waals surface area contributed by atoms with Crippen molar-refractivity contribution in [2.75, 3.05) is 0 Å². The van der Waals surface area contributed by atoms with E-state index in [-0.39, 0.29) is 6.04 Å². The Hall–Kier alpha value is -1.33. The van der Waals surface area contributed by atoms with Gasteiger partial charge in [-0.15, -0.1) is 0 Å². The predicted octanol–water partition coefficient (Wildman–Crippen LogP) is 2.99. The lowest BCUT2D eigenvalue weighted by molar-refractivity contribution is 0.507. The van der Waals surface area contributed by atoms with Crippen LogP contribution in [0.2, 0.25) is 0 Å². The van der Waals surface area contributed by atoms with Crippen molar-refractivity contribution in [1.82, 2.24) is 0 Å². The van der Waals surface area contributed by atoms with Crippen molar-refractivity contribution in [2.24, 2.45) is 11.7 Å². The summed E-state index contributed by atoms with van der Waals surface area (Å²) in [4.78, 5) is 0. The van der Waals surface area contributed by atoms with Crippen molar-refractivity contribution in [3.05, 3.63) is 35.4 Å². The molecular weight excluding hydrogens is 184 g/mol. The standard InChI is InChI=1S/C13H18N2/c1-10(2)6-7-13(15)12-5-3-4-11(8-12)9-14/h3-5,8,10,13H,6-7,15H2,1-2H3/t13-/m1/s1. The third-order valence-corrected chi connectivity index (χ3v) is 2.50.